The number of nitrogens with zero attached hydrogens (tertiary/aromatic N) is 2. The first kappa shape index (κ1) is 14.4. The topological polar surface area (TPSA) is 84.5 Å². The number of aromatic nitrogens is 2. The van der Waals surface area contributed by atoms with Crippen molar-refractivity contribution in [2.75, 3.05) is 13.7 Å². The standard InChI is InChI=1S/C13H19N3O4/c1-13(2,3)20-12(18)16-6-5-8-9(7-16)15-10(14-8)11(17)19-4/h5-7H2,1-4H3,(H,14,15). The summed E-state index contributed by atoms with van der Waals surface area (Å²) in [4.78, 5) is 32.1. The highest BCUT2D eigenvalue weighted by molar-refractivity contribution is 5.85. The normalized spacial score (nSPS) is 14.7. The lowest BCUT2D eigenvalue weighted by Gasteiger charge is -2.29. The number of fused-ring (bicyclic) bond motifs is 1. The quantitative estimate of drug-likeness (QED) is 0.788. The minimum atomic E-state index is -0.525. The van der Waals surface area contributed by atoms with Gasteiger partial charge in [0, 0.05) is 13.0 Å². The number of esters is 1. The van der Waals surface area contributed by atoms with E-state index in [0.717, 1.165) is 11.4 Å². The molecular weight excluding hydrogens is 262 g/mol. The second-order valence-electron chi connectivity index (χ2n) is 5.65. The first-order chi connectivity index (χ1) is 9.30. The summed E-state index contributed by atoms with van der Waals surface area (Å²) in [5.41, 5.74) is 1.02. The third-order valence-electron chi connectivity index (χ3n) is 2.86. The van der Waals surface area contributed by atoms with Gasteiger partial charge in [0.25, 0.3) is 0 Å². The van der Waals surface area contributed by atoms with Crippen molar-refractivity contribution in [1.29, 1.82) is 0 Å². The van der Waals surface area contributed by atoms with Gasteiger partial charge in [-0.3, -0.25) is 0 Å². The van der Waals surface area contributed by atoms with Gasteiger partial charge < -0.3 is 19.4 Å². The number of amides is 1. The zero-order valence-electron chi connectivity index (χ0n) is 12.1. The zero-order chi connectivity index (χ0) is 14.9. The molecule has 0 radical (unpaired) electrons. The molecule has 7 nitrogen and oxygen atoms in total. The van der Waals surface area contributed by atoms with Crippen LogP contribution in [0.15, 0.2) is 0 Å². The molecule has 0 saturated carbocycles. The highest BCUT2D eigenvalue weighted by Gasteiger charge is 2.28. The van der Waals surface area contributed by atoms with Crippen LogP contribution in [0.25, 0.3) is 0 Å². The molecule has 0 saturated heterocycles. The predicted molar refractivity (Wildman–Crippen MR) is 70.3 cm³/mol. The number of H-pyrrole nitrogens is 1. The van der Waals surface area contributed by atoms with Crippen molar-refractivity contribution in [3.8, 4) is 0 Å². The lowest BCUT2D eigenvalue weighted by atomic mass is 10.1. The number of hydrogen-bond acceptors (Lipinski definition) is 5. The molecule has 0 spiro atoms. The molecule has 1 aromatic heterocycles. The van der Waals surface area contributed by atoms with E-state index < -0.39 is 11.6 Å². The monoisotopic (exact) mass is 281 g/mol. The van der Waals surface area contributed by atoms with Crippen LogP contribution in [-0.2, 0) is 22.4 Å². The van der Waals surface area contributed by atoms with Crippen LogP contribution in [0.3, 0.4) is 0 Å². The minimum absolute atomic E-state index is 0.170. The molecule has 1 aliphatic heterocycles. The van der Waals surface area contributed by atoms with Gasteiger partial charge in [-0.15, -0.1) is 0 Å². The summed E-state index contributed by atoms with van der Waals surface area (Å²) < 4.78 is 9.94. The van der Waals surface area contributed by atoms with Crippen LogP contribution >= 0.6 is 0 Å². The molecule has 0 aromatic carbocycles. The average Bonchev–Trinajstić information content (AvgIpc) is 2.78. The Balaban J connectivity index is 2.09. The first-order valence-electron chi connectivity index (χ1n) is 6.44. The van der Waals surface area contributed by atoms with Crippen molar-refractivity contribution in [1.82, 2.24) is 14.9 Å². The van der Waals surface area contributed by atoms with Gasteiger partial charge in [0.15, 0.2) is 0 Å². The summed E-state index contributed by atoms with van der Waals surface area (Å²) in [5, 5.41) is 0. The Morgan fingerprint density at radius 1 is 1.35 bits per heavy atom. The van der Waals surface area contributed by atoms with E-state index in [1.165, 1.54) is 7.11 Å². The van der Waals surface area contributed by atoms with Crippen molar-refractivity contribution >= 4 is 12.1 Å². The highest BCUT2D eigenvalue weighted by Crippen LogP contribution is 2.19. The maximum atomic E-state index is 12.0. The lowest BCUT2D eigenvalue weighted by Crippen LogP contribution is -2.39. The van der Waals surface area contributed by atoms with E-state index in [1.807, 2.05) is 20.8 Å². The fourth-order valence-corrected chi connectivity index (χ4v) is 1.97. The van der Waals surface area contributed by atoms with Crippen molar-refractivity contribution in [3.05, 3.63) is 17.2 Å². The largest absolute Gasteiger partial charge is 0.463 e. The second-order valence-corrected chi connectivity index (χ2v) is 5.65. The number of methoxy groups -OCH3 is 1. The fourth-order valence-electron chi connectivity index (χ4n) is 1.97. The molecule has 7 heteroatoms. The molecule has 0 fully saturated rings. The number of imidazole rings is 1. The first-order valence-corrected chi connectivity index (χ1v) is 6.44. The van der Waals surface area contributed by atoms with Crippen LogP contribution in [0, 0.1) is 0 Å². The number of carbonyl (C=O) groups is 2. The van der Waals surface area contributed by atoms with E-state index >= 15 is 0 Å². The van der Waals surface area contributed by atoms with Crippen LogP contribution < -0.4 is 0 Å². The number of ether oxygens (including phenoxy) is 2. The molecule has 20 heavy (non-hydrogen) atoms. The molecule has 0 bridgehead atoms. The zero-order valence-corrected chi connectivity index (χ0v) is 12.1. The van der Waals surface area contributed by atoms with Crippen LogP contribution in [-0.4, -0.2) is 46.2 Å². The van der Waals surface area contributed by atoms with E-state index in [-0.39, 0.29) is 11.9 Å². The third kappa shape index (κ3) is 3.09. The summed E-state index contributed by atoms with van der Waals surface area (Å²) in [6.07, 6.45) is 0.222. The van der Waals surface area contributed by atoms with Gasteiger partial charge >= 0.3 is 12.1 Å². The summed E-state index contributed by atoms with van der Waals surface area (Å²) in [6.45, 7) is 6.35. The van der Waals surface area contributed by atoms with Gasteiger partial charge in [0.1, 0.15) is 5.60 Å². The molecule has 0 aliphatic carbocycles. The molecule has 110 valence electrons. The van der Waals surface area contributed by atoms with Crippen LogP contribution in [0.2, 0.25) is 0 Å². The highest BCUT2D eigenvalue weighted by atomic mass is 16.6. The Kier molecular flexibility index (Phi) is 3.69. The minimum Gasteiger partial charge on any atom is -0.463 e. The van der Waals surface area contributed by atoms with E-state index in [0.29, 0.717) is 19.5 Å². The second kappa shape index (κ2) is 5.15. The van der Waals surface area contributed by atoms with Crippen molar-refractivity contribution < 1.29 is 19.1 Å². The molecular formula is C13H19N3O4. The fraction of sp³-hybridized carbons (Fsp3) is 0.615. The Bertz CT molecular complexity index is 530. The van der Waals surface area contributed by atoms with Crippen molar-refractivity contribution in [2.45, 2.75) is 39.3 Å². The van der Waals surface area contributed by atoms with Gasteiger partial charge in [0.2, 0.25) is 5.82 Å². The molecule has 1 aliphatic rings. The Hall–Kier alpha value is -2.05. The molecule has 0 atom stereocenters. The molecule has 2 rings (SSSR count). The molecule has 1 amide bonds. The Morgan fingerprint density at radius 3 is 2.65 bits per heavy atom. The van der Waals surface area contributed by atoms with Gasteiger partial charge in [-0.1, -0.05) is 0 Å². The number of aromatic amines is 1. The number of carbonyl (C=O) groups excluding carboxylic acids is 2. The van der Waals surface area contributed by atoms with E-state index in [9.17, 15) is 9.59 Å². The SMILES string of the molecule is COC(=O)c1nc2c([nH]1)CN(C(=O)OC(C)(C)C)CC2. The molecule has 1 N–H and O–H groups in total. The smallest absolute Gasteiger partial charge is 0.410 e. The van der Waals surface area contributed by atoms with E-state index in [2.05, 4.69) is 14.7 Å². The average molecular weight is 281 g/mol. The lowest BCUT2D eigenvalue weighted by molar-refractivity contribution is 0.0221. The van der Waals surface area contributed by atoms with Crippen molar-refractivity contribution in [2.24, 2.45) is 0 Å². The van der Waals surface area contributed by atoms with Crippen LogP contribution in [0.1, 0.15) is 42.8 Å². The summed E-state index contributed by atoms with van der Waals surface area (Å²) in [7, 11) is 1.30. The summed E-state index contributed by atoms with van der Waals surface area (Å²) in [6, 6.07) is 0. The van der Waals surface area contributed by atoms with Crippen LogP contribution in [0.4, 0.5) is 4.79 Å². The molecule has 1 aromatic rings. The van der Waals surface area contributed by atoms with Gasteiger partial charge in [-0.25, -0.2) is 14.6 Å². The molecule has 0 unspecified atom stereocenters. The summed E-state index contributed by atoms with van der Waals surface area (Å²) in [5.74, 6) is -0.341. The maximum Gasteiger partial charge on any atom is 0.410 e. The summed E-state index contributed by atoms with van der Waals surface area (Å²) >= 11 is 0. The third-order valence-corrected chi connectivity index (χ3v) is 2.86. The predicted octanol–water partition coefficient (Wildman–Crippen LogP) is 1.49. The van der Waals surface area contributed by atoms with E-state index in [1.54, 1.807) is 4.90 Å². The molecule has 2 heterocycles. The van der Waals surface area contributed by atoms with Crippen molar-refractivity contribution in [3.63, 3.8) is 0 Å². The van der Waals surface area contributed by atoms with Gasteiger partial charge in [-0.2, -0.15) is 0 Å². The maximum absolute atomic E-state index is 12.0. The van der Waals surface area contributed by atoms with Crippen LogP contribution in [0.5, 0.6) is 0 Å². The van der Waals surface area contributed by atoms with Gasteiger partial charge in [0.05, 0.1) is 25.0 Å². The van der Waals surface area contributed by atoms with Gasteiger partial charge in [-0.05, 0) is 20.8 Å². The Labute approximate surface area is 117 Å². The number of rotatable bonds is 1. The number of nitrogens with one attached hydrogen (secondary N) is 1. The van der Waals surface area contributed by atoms with E-state index in [4.69, 9.17) is 4.74 Å². The number of hydrogen-bond donors (Lipinski definition) is 1. The Morgan fingerprint density at radius 2 is 2.05 bits per heavy atom.